The Labute approximate surface area is 213 Å². The van der Waals surface area contributed by atoms with Crippen LogP contribution in [0.4, 0.5) is 0 Å². The van der Waals surface area contributed by atoms with Crippen LogP contribution in [0.1, 0.15) is 68.8 Å². The summed E-state index contributed by atoms with van der Waals surface area (Å²) < 4.78 is 36.6. The predicted octanol–water partition coefficient (Wildman–Crippen LogP) is 3.37. The zero-order chi connectivity index (χ0) is 26.1. The highest BCUT2D eigenvalue weighted by molar-refractivity contribution is 7.90. The fourth-order valence-electron chi connectivity index (χ4n) is 5.85. The van der Waals surface area contributed by atoms with Crippen LogP contribution in [0.2, 0.25) is 0 Å². The van der Waals surface area contributed by atoms with Gasteiger partial charge in [-0.05, 0) is 87.7 Å². The highest BCUT2D eigenvalue weighted by Crippen LogP contribution is 2.38. The smallest absolute Gasteiger partial charge is 0.242 e. The quantitative estimate of drug-likeness (QED) is 0.566. The highest BCUT2D eigenvalue weighted by Gasteiger charge is 2.40. The summed E-state index contributed by atoms with van der Waals surface area (Å²) in [5, 5.41) is 7.03. The van der Waals surface area contributed by atoms with Crippen LogP contribution in [0.3, 0.4) is 0 Å². The third-order valence-electron chi connectivity index (χ3n) is 7.61. The number of rotatable bonds is 8. The van der Waals surface area contributed by atoms with Gasteiger partial charge < -0.3 is 19.5 Å². The molecule has 1 saturated carbocycles. The Balaban J connectivity index is 1.36. The Bertz CT molecular complexity index is 1180. The molecule has 198 valence electrons. The minimum Gasteiger partial charge on any atom is -0.497 e. The first-order valence-electron chi connectivity index (χ1n) is 12.7. The molecule has 10 heteroatoms. The van der Waals surface area contributed by atoms with Gasteiger partial charge in [0.25, 0.3) is 0 Å². The number of aryl methyl sites for hydroxylation is 2. The fourth-order valence-corrected chi connectivity index (χ4v) is 7.54. The van der Waals surface area contributed by atoms with E-state index in [1.807, 2.05) is 0 Å². The second-order valence-electron chi connectivity index (χ2n) is 10.9. The van der Waals surface area contributed by atoms with E-state index in [2.05, 4.69) is 34.2 Å². The molecule has 1 aliphatic carbocycles. The van der Waals surface area contributed by atoms with Crippen LogP contribution in [-0.2, 0) is 26.8 Å². The van der Waals surface area contributed by atoms with Crippen LogP contribution < -0.4 is 10.1 Å². The maximum atomic E-state index is 13.1. The molecule has 2 aliphatic rings. The zero-order valence-corrected chi connectivity index (χ0v) is 22.8. The fraction of sp³-hybridized carbons (Fsp3) is 0.654. The first-order valence-corrected chi connectivity index (χ1v) is 14.4. The molecule has 1 saturated heterocycles. The number of hydrogen-bond acceptors (Lipinski definition) is 8. The number of aromatic nitrogens is 2. The van der Waals surface area contributed by atoms with Gasteiger partial charge >= 0.3 is 0 Å². The van der Waals surface area contributed by atoms with Gasteiger partial charge in [-0.25, -0.2) is 8.42 Å². The Morgan fingerprint density at radius 3 is 2.47 bits per heavy atom. The second-order valence-corrected chi connectivity index (χ2v) is 12.8. The van der Waals surface area contributed by atoms with E-state index in [-0.39, 0.29) is 40.4 Å². The molecule has 0 spiro atoms. The molecule has 2 aromatic rings. The minimum atomic E-state index is -3.72. The monoisotopic (exact) mass is 518 g/mol. The van der Waals surface area contributed by atoms with Crippen molar-refractivity contribution in [2.24, 2.45) is 5.41 Å². The average molecular weight is 519 g/mol. The summed E-state index contributed by atoms with van der Waals surface area (Å²) in [6.45, 7) is 10.3. The summed E-state index contributed by atoms with van der Waals surface area (Å²) in [7, 11) is -2.18. The molecule has 2 fully saturated rings. The maximum Gasteiger partial charge on any atom is 0.242 e. The van der Waals surface area contributed by atoms with E-state index >= 15 is 0 Å². The van der Waals surface area contributed by atoms with Gasteiger partial charge in [0.2, 0.25) is 11.8 Å². The lowest BCUT2D eigenvalue weighted by atomic mass is 9.70. The molecule has 1 aliphatic heterocycles. The van der Waals surface area contributed by atoms with Crippen molar-refractivity contribution in [3.05, 3.63) is 35.0 Å². The molecular weight excluding hydrogens is 480 g/mol. The molecule has 1 aromatic carbocycles. The molecular formula is C26H38N4O5S. The number of methoxy groups -OCH3 is 1. The molecule has 0 bridgehead atoms. The first kappa shape index (κ1) is 26.6. The van der Waals surface area contributed by atoms with E-state index in [1.165, 1.54) is 25.9 Å². The topological polar surface area (TPSA) is 115 Å². The van der Waals surface area contributed by atoms with Crippen LogP contribution >= 0.6 is 0 Å². The molecule has 4 rings (SSSR count). The lowest BCUT2D eigenvalue weighted by Crippen LogP contribution is -2.52. The van der Waals surface area contributed by atoms with E-state index < -0.39 is 15.6 Å². The number of benzene rings is 1. The van der Waals surface area contributed by atoms with Gasteiger partial charge in [-0.3, -0.25) is 4.79 Å². The Hall–Kier alpha value is -2.46. The van der Waals surface area contributed by atoms with Crippen molar-refractivity contribution in [2.75, 3.05) is 20.2 Å². The Morgan fingerprint density at radius 1 is 1.19 bits per heavy atom. The first-order chi connectivity index (χ1) is 17.0. The van der Waals surface area contributed by atoms with Gasteiger partial charge in [-0.1, -0.05) is 19.0 Å². The summed E-state index contributed by atoms with van der Waals surface area (Å²) in [6.07, 6.45) is 5.60. The van der Waals surface area contributed by atoms with E-state index in [0.29, 0.717) is 22.9 Å². The van der Waals surface area contributed by atoms with E-state index in [1.54, 1.807) is 33.1 Å². The standard InChI is InChI=1S/C26H38N4O5S/c1-17-12-20(34-5)13-18(2)25(17)36(32,33)16-24-28-22(29-35-24)14-23(31)27-21-9-8-19(15-26(21,3)4)30-10-6-7-11-30/h12-13,19,21H,6-11,14-16H2,1-5H3,(H,27,31). The highest BCUT2D eigenvalue weighted by atomic mass is 32.2. The summed E-state index contributed by atoms with van der Waals surface area (Å²) >= 11 is 0. The third-order valence-corrected chi connectivity index (χ3v) is 9.50. The summed E-state index contributed by atoms with van der Waals surface area (Å²) in [4.78, 5) is 19.8. The molecule has 1 amide bonds. The van der Waals surface area contributed by atoms with Crippen molar-refractivity contribution >= 4 is 15.7 Å². The summed E-state index contributed by atoms with van der Waals surface area (Å²) in [6, 6.07) is 4.04. The van der Waals surface area contributed by atoms with Crippen LogP contribution in [0.25, 0.3) is 0 Å². The molecule has 36 heavy (non-hydrogen) atoms. The number of nitrogens with one attached hydrogen (secondary N) is 1. The second kappa shape index (κ2) is 10.5. The third kappa shape index (κ3) is 5.91. The van der Waals surface area contributed by atoms with Crippen LogP contribution in [0.15, 0.2) is 21.6 Å². The number of sulfone groups is 1. The van der Waals surface area contributed by atoms with E-state index in [0.717, 1.165) is 19.3 Å². The zero-order valence-electron chi connectivity index (χ0n) is 22.0. The SMILES string of the molecule is COc1cc(C)c(S(=O)(=O)Cc2nc(CC(=O)NC3CCC(N4CCCC4)CC3(C)C)no2)c(C)c1. The lowest BCUT2D eigenvalue weighted by molar-refractivity contribution is -0.122. The Kier molecular flexibility index (Phi) is 7.75. The van der Waals surface area contributed by atoms with Gasteiger partial charge in [-0.2, -0.15) is 4.98 Å². The molecule has 0 radical (unpaired) electrons. The number of ether oxygens (including phenoxy) is 1. The van der Waals surface area contributed by atoms with Crippen molar-refractivity contribution in [1.82, 2.24) is 20.4 Å². The maximum absolute atomic E-state index is 13.1. The van der Waals surface area contributed by atoms with Crippen molar-refractivity contribution < 1.29 is 22.5 Å². The van der Waals surface area contributed by atoms with Gasteiger partial charge in [-0.15, -0.1) is 0 Å². The van der Waals surface area contributed by atoms with Crippen LogP contribution in [0.5, 0.6) is 5.75 Å². The van der Waals surface area contributed by atoms with Gasteiger partial charge in [0.05, 0.1) is 18.4 Å². The van der Waals surface area contributed by atoms with Crippen molar-refractivity contribution in [2.45, 2.75) is 89.0 Å². The number of carbonyl (C=O) groups excluding carboxylic acids is 1. The molecule has 9 nitrogen and oxygen atoms in total. The van der Waals surface area contributed by atoms with Gasteiger partial charge in [0.15, 0.2) is 15.7 Å². The average Bonchev–Trinajstić information content (AvgIpc) is 3.46. The summed E-state index contributed by atoms with van der Waals surface area (Å²) in [5.41, 5.74) is 1.17. The van der Waals surface area contributed by atoms with Crippen LogP contribution in [-0.4, -0.2) is 61.6 Å². The number of carbonyl (C=O) groups is 1. The summed E-state index contributed by atoms with van der Waals surface area (Å²) in [5.74, 6) is 0.152. The number of hydrogen-bond donors (Lipinski definition) is 1. The van der Waals surface area contributed by atoms with Crippen molar-refractivity contribution in [3.63, 3.8) is 0 Å². The number of amides is 1. The lowest BCUT2D eigenvalue weighted by Gasteiger charge is -2.45. The van der Waals surface area contributed by atoms with E-state index in [9.17, 15) is 13.2 Å². The normalized spacial score (nSPS) is 22.5. The van der Waals surface area contributed by atoms with Gasteiger partial charge in [0, 0.05) is 12.1 Å². The molecule has 2 atom stereocenters. The largest absolute Gasteiger partial charge is 0.497 e. The van der Waals surface area contributed by atoms with E-state index in [4.69, 9.17) is 9.26 Å². The molecule has 2 heterocycles. The Morgan fingerprint density at radius 2 is 1.86 bits per heavy atom. The molecule has 2 unspecified atom stereocenters. The predicted molar refractivity (Wildman–Crippen MR) is 136 cm³/mol. The number of nitrogens with zero attached hydrogens (tertiary/aromatic N) is 3. The van der Waals surface area contributed by atoms with Gasteiger partial charge in [0.1, 0.15) is 11.5 Å². The van der Waals surface area contributed by atoms with Crippen LogP contribution in [0, 0.1) is 19.3 Å². The van der Waals surface area contributed by atoms with Crippen molar-refractivity contribution in [1.29, 1.82) is 0 Å². The minimum absolute atomic E-state index is 0.00819. The van der Waals surface area contributed by atoms with Crippen molar-refractivity contribution in [3.8, 4) is 5.75 Å². The number of likely N-dealkylation sites (tertiary alicyclic amines) is 1. The molecule has 1 aromatic heterocycles. The molecule has 1 N–H and O–H groups in total.